The smallest absolute Gasteiger partial charge is 0.203 e. The van der Waals surface area contributed by atoms with Gasteiger partial charge < -0.3 is 9.30 Å². The molecule has 0 aliphatic carbocycles. The third-order valence-electron chi connectivity index (χ3n) is 3.51. The molecule has 0 radical (unpaired) electrons. The molecule has 0 N–H and O–H groups in total. The Labute approximate surface area is 137 Å². The van der Waals surface area contributed by atoms with E-state index < -0.39 is 7.14 Å². The molecule has 0 saturated carbocycles. The van der Waals surface area contributed by atoms with Crippen LogP contribution in [0.4, 0.5) is 0 Å². The Morgan fingerprint density at radius 1 is 1.05 bits per heavy atom. The van der Waals surface area contributed by atoms with Gasteiger partial charge in [-0.15, -0.1) is 0 Å². The van der Waals surface area contributed by atoms with E-state index in [0.29, 0.717) is 5.50 Å². The van der Waals surface area contributed by atoms with Gasteiger partial charge in [-0.2, -0.15) is 11.8 Å². The number of rotatable bonds is 6. The van der Waals surface area contributed by atoms with E-state index in [1.165, 1.54) is 0 Å². The molecule has 1 unspecified atom stereocenters. The Balaban J connectivity index is 2.66. The lowest BCUT2D eigenvalue weighted by Gasteiger charge is -2.22. The number of benzene rings is 2. The van der Waals surface area contributed by atoms with Crippen molar-refractivity contribution in [1.29, 1.82) is 0 Å². The van der Waals surface area contributed by atoms with Gasteiger partial charge in [0.05, 0.1) is 7.11 Å². The van der Waals surface area contributed by atoms with Crippen LogP contribution in [0.15, 0.2) is 72.2 Å². The Hall–Kier alpha value is -1.44. The molecular weight excluding hydrogens is 311 g/mol. The lowest BCUT2D eigenvalue weighted by molar-refractivity contribution is 0.317. The molecular formula is C18H21O2PS. The van der Waals surface area contributed by atoms with Gasteiger partial charge in [-0.1, -0.05) is 60.7 Å². The molecule has 0 spiro atoms. The van der Waals surface area contributed by atoms with Crippen molar-refractivity contribution in [3.05, 3.63) is 72.2 Å². The number of hydrogen-bond donors (Lipinski definition) is 0. The lowest BCUT2D eigenvalue weighted by atomic mass is 10.4. The van der Waals surface area contributed by atoms with Crippen LogP contribution in [0.25, 0.3) is 0 Å². The van der Waals surface area contributed by atoms with Gasteiger partial charge in [0.2, 0.25) is 7.14 Å². The van der Waals surface area contributed by atoms with Gasteiger partial charge in [0.15, 0.2) is 5.50 Å². The summed E-state index contributed by atoms with van der Waals surface area (Å²) < 4.78 is 19.6. The molecule has 0 fully saturated rings. The zero-order chi connectivity index (χ0) is 16.0. The first-order valence-electron chi connectivity index (χ1n) is 7.13. The van der Waals surface area contributed by atoms with Crippen molar-refractivity contribution in [1.82, 2.24) is 0 Å². The predicted octanol–water partition coefficient (Wildman–Crippen LogP) is 4.24. The maximum Gasteiger partial charge on any atom is 0.203 e. The maximum atomic E-state index is 14.0. The number of ether oxygens (including phenoxy) is 1. The standard InChI is InChI=1S/C18H21O2PS/c1-15(22-3)14-18(20-2)21(19,16-10-6-4-7-11-16)17-12-8-5-9-13-17/h4-15H,1-3H3/b18-14+. The van der Waals surface area contributed by atoms with Crippen LogP contribution >= 0.6 is 18.9 Å². The molecule has 116 valence electrons. The first-order valence-corrected chi connectivity index (χ1v) is 10.1. The molecule has 2 nitrogen and oxygen atoms in total. The molecule has 2 aromatic rings. The second-order valence-corrected chi connectivity index (χ2v) is 8.84. The van der Waals surface area contributed by atoms with E-state index in [9.17, 15) is 4.57 Å². The molecule has 0 heterocycles. The van der Waals surface area contributed by atoms with Crippen LogP contribution in [0.1, 0.15) is 6.92 Å². The van der Waals surface area contributed by atoms with Crippen molar-refractivity contribution in [2.75, 3.05) is 13.4 Å². The van der Waals surface area contributed by atoms with Gasteiger partial charge >= 0.3 is 0 Å². The normalized spacial score (nSPS) is 13.7. The Morgan fingerprint density at radius 2 is 1.50 bits per heavy atom. The Bertz CT molecular complexity index is 625. The summed E-state index contributed by atoms with van der Waals surface area (Å²) in [6.45, 7) is 2.07. The van der Waals surface area contributed by atoms with E-state index in [0.717, 1.165) is 10.6 Å². The van der Waals surface area contributed by atoms with Gasteiger partial charge in [-0.25, -0.2) is 0 Å². The van der Waals surface area contributed by atoms with Crippen molar-refractivity contribution in [3.8, 4) is 0 Å². The molecule has 1 atom stereocenters. The largest absolute Gasteiger partial charge is 0.493 e. The van der Waals surface area contributed by atoms with E-state index >= 15 is 0 Å². The average molecular weight is 332 g/mol. The van der Waals surface area contributed by atoms with Crippen LogP contribution in [0.2, 0.25) is 0 Å². The molecule has 22 heavy (non-hydrogen) atoms. The molecule has 0 aliphatic rings. The quantitative estimate of drug-likeness (QED) is 0.585. The molecule has 4 heteroatoms. The molecule has 0 bridgehead atoms. The topological polar surface area (TPSA) is 26.3 Å². The number of hydrogen-bond acceptors (Lipinski definition) is 3. The van der Waals surface area contributed by atoms with Crippen LogP contribution < -0.4 is 10.6 Å². The van der Waals surface area contributed by atoms with Crippen LogP contribution in [-0.2, 0) is 9.30 Å². The van der Waals surface area contributed by atoms with E-state index in [1.807, 2.05) is 73.0 Å². The predicted molar refractivity (Wildman–Crippen MR) is 97.8 cm³/mol. The Kier molecular flexibility index (Phi) is 5.93. The SMILES string of the molecule is CO/C(=C\C(C)SC)P(=O)(c1ccccc1)c1ccccc1. The summed E-state index contributed by atoms with van der Waals surface area (Å²) in [4.78, 5) is 0. The Morgan fingerprint density at radius 3 is 1.86 bits per heavy atom. The second-order valence-electron chi connectivity index (χ2n) is 4.93. The second kappa shape index (κ2) is 7.71. The summed E-state index contributed by atoms with van der Waals surface area (Å²) in [5.74, 6) is 0. The first kappa shape index (κ1) is 16.9. The van der Waals surface area contributed by atoms with Crippen molar-refractivity contribution < 1.29 is 9.30 Å². The highest BCUT2D eigenvalue weighted by Crippen LogP contribution is 2.52. The minimum Gasteiger partial charge on any atom is -0.493 e. The molecule has 0 aliphatic heterocycles. The van der Waals surface area contributed by atoms with E-state index in [4.69, 9.17) is 4.74 Å². The third-order valence-corrected chi connectivity index (χ3v) is 7.39. The molecule has 2 rings (SSSR count). The fraction of sp³-hybridized carbons (Fsp3) is 0.222. The van der Waals surface area contributed by atoms with Gasteiger partial charge in [0, 0.05) is 15.9 Å². The van der Waals surface area contributed by atoms with Crippen LogP contribution in [-0.4, -0.2) is 18.6 Å². The molecule has 0 amide bonds. The van der Waals surface area contributed by atoms with Gasteiger partial charge in [0.25, 0.3) is 0 Å². The summed E-state index contributed by atoms with van der Waals surface area (Å²) in [6, 6.07) is 19.1. The zero-order valence-electron chi connectivity index (χ0n) is 13.1. The van der Waals surface area contributed by atoms with Gasteiger partial charge in [-0.3, -0.25) is 0 Å². The third kappa shape index (κ3) is 3.48. The summed E-state index contributed by atoms with van der Waals surface area (Å²) >= 11 is 1.70. The number of methoxy groups -OCH3 is 1. The fourth-order valence-corrected chi connectivity index (χ4v) is 5.29. The summed E-state index contributed by atoms with van der Waals surface area (Å²) in [7, 11) is -1.38. The molecule has 0 aromatic heterocycles. The van der Waals surface area contributed by atoms with Crippen LogP contribution in [0.5, 0.6) is 0 Å². The zero-order valence-corrected chi connectivity index (χ0v) is 14.8. The van der Waals surface area contributed by atoms with Gasteiger partial charge in [0.1, 0.15) is 0 Å². The van der Waals surface area contributed by atoms with E-state index in [2.05, 4.69) is 6.92 Å². The summed E-state index contributed by atoms with van der Waals surface area (Å²) in [5.41, 5.74) is 0.548. The van der Waals surface area contributed by atoms with Crippen molar-refractivity contribution in [2.45, 2.75) is 12.2 Å². The minimum atomic E-state index is -2.98. The highest BCUT2D eigenvalue weighted by molar-refractivity contribution is 7.99. The van der Waals surface area contributed by atoms with Crippen LogP contribution in [0.3, 0.4) is 0 Å². The van der Waals surface area contributed by atoms with E-state index in [-0.39, 0.29) is 5.25 Å². The average Bonchev–Trinajstić information content (AvgIpc) is 2.60. The highest BCUT2D eigenvalue weighted by Gasteiger charge is 2.33. The number of thioether (sulfide) groups is 1. The van der Waals surface area contributed by atoms with Gasteiger partial charge in [-0.05, 0) is 19.3 Å². The summed E-state index contributed by atoms with van der Waals surface area (Å²) in [5, 5.41) is 1.82. The van der Waals surface area contributed by atoms with Crippen molar-refractivity contribution in [3.63, 3.8) is 0 Å². The summed E-state index contributed by atoms with van der Waals surface area (Å²) in [6.07, 6.45) is 4.00. The molecule has 0 saturated heterocycles. The maximum absolute atomic E-state index is 14.0. The van der Waals surface area contributed by atoms with Crippen molar-refractivity contribution in [2.24, 2.45) is 0 Å². The lowest BCUT2D eigenvalue weighted by Crippen LogP contribution is -2.18. The van der Waals surface area contributed by atoms with Crippen LogP contribution in [0, 0.1) is 0 Å². The fourth-order valence-electron chi connectivity index (χ4n) is 2.25. The first-order chi connectivity index (χ1) is 10.6. The molecule has 2 aromatic carbocycles. The monoisotopic (exact) mass is 332 g/mol. The van der Waals surface area contributed by atoms with E-state index in [1.54, 1.807) is 18.9 Å². The van der Waals surface area contributed by atoms with Crippen molar-refractivity contribution >= 4 is 29.5 Å². The highest BCUT2D eigenvalue weighted by atomic mass is 32.2. The minimum absolute atomic E-state index is 0.232.